The predicted molar refractivity (Wildman–Crippen MR) is 124 cm³/mol. The molecule has 2 amide bonds. The first-order valence-electron chi connectivity index (χ1n) is 11.7. The topological polar surface area (TPSA) is 97.0 Å². The van der Waals surface area contributed by atoms with Crippen LogP contribution in [0.3, 0.4) is 0 Å². The van der Waals surface area contributed by atoms with Gasteiger partial charge in [-0.15, -0.1) is 0 Å². The highest BCUT2D eigenvalue weighted by Crippen LogP contribution is 2.18. The molecule has 32 heavy (non-hydrogen) atoms. The minimum Gasteiger partial charge on any atom is -0.494 e. The van der Waals surface area contributed by atoms with E-state index in [1.807, 2.05) is 19.1 Å². The molecule has 1 aromatic rings. The Morgan fingerprint density at radius 2 is 1.94 bits per heavy atom. The number of anilines is 1. The first-order chi connectivity index (χ1) is 15.5. The van der Waals surface area contributed by atoms with E-state index in [0.29, 0.717) is 37.7 Å². The highest BCUT2D eigenvalue weighted by molar-refractivity contribution is 5.93. The molecule has 0 aliphatic carbocycles. The molecule has 1 fully saturated rings. The Morgan fingerprint density at radius 1 is 1.12 bits per heavy atom. The van der Waals surface area contributed by atoms with Gasteiger partial charge in [-0.3, -0.25) is 19.3 Å². The van der Waals surface area contributed by atoms with Crippen molar-refractivity contribution in [2.45, 2.75) is 64.8 Å². The zero-order valence-electron chi connectivity index (χ0n) is 19.4. The molecule has 1 saturated heterocycles. The van der Waals surface area contributed by atoms with Crippen LogP contribution in [0, 0.1) is 0 Å². The first kappa shape index (κ1) is 25.6. The fourth-order valence-corrected chi connectivity index (χ4v) is 3.55. The van der Waals surface area contributed by atoms with Crippen LogP contribution in [-0.2, 0) is 19.1 Å². The molecule has 0 saturated carbocycles. The molecule has 1 unspecified atom stereocenters. The zero-order chi connectivity index (χ0) is 23.2. The van der Waals surface area contributed by atoms with Crippen molar-refractivity contribution in [2.75, 3.05) is 38.2 Å². The molecule has 1 aromatic carbocycles. The van der Waals surface area contributed by atoms with Crippen LogP contribution in [0.25, 0.3) is 0 Å². The summed E-state index contributed by atoms with van der Waals surface area (Å²) in [5.41, 5.74) is 0.638. The van der Waals surface area contributed by atoms with Gasteiger partial charge in [-0.2, -0.15) is 0 Å². The number of piperazine rings is 1. The third kappa shape index (κ3) is 9.26. The largest absolute Gasteiger partial charge is 0.494 e. The number of amides is 2. The van der Waals surface area contributed by atoms with E-state index < -0.39 is 12.0 Å². The Labute approximate surface area is 191 Å². The molecule has 2 rings (SSSR count). The number of carbonyl (C=O) groups excluding carboxylic acids is 3. The van der Waals surface area contributed by atoms with Crippen LogP contribution in [0.1, 0.15) is 58.8 Å². The lowest BCUT2D eigenvalue weighted by molar-refractivity contribution is -0.148. The number of esters is 1. The lowest BCUT2D eigenvalue weighted by Gasteiger charge is -2.33. The Morgan fingerprint density at radius 3 is 2.72 bits per heavy atom. The van der Waals surface area contributed by atoms with Crippen LogP contribution >= 0.6 is 0 Å². The van der Waals surface area contributed by atoms with Gasteiger partial charge in [-0.1, -0.05) is 45.6 Å². The third-order valence-corrected chi connectivity index (χ3v) is 5.25. The van der Waals surface area contributed by atoms with Crippen molar-refractivity contribution >= 4 is 23.5 Å². The van der Waals surface area contributed by atoms with Crippen molar-refractivity contribution in [2.24, 2.45) is 0 Å². The van der Waals surface area contributed by atoms with Crippen LogP contribution < -0.4 is 15.4 Å². The molecule has 0 bridgehead atoms. The maximum Gasteiger partial charge on any atom is 0.307 e. The summed E-state index contributed by atoms with van der Waals surface area (Å²) in [6.45, 7) is 6.02. The number of rotatable bonds is 14. The third-order valence-electron chi connectivity index (χ3n) is 5.25. The molecule has 1 atom stereocenters. The van der Waals surface area contributed by atoms with Gasteiger partial charge in [0.05, 0.1) is 26.2 Å². The van der Waals surface area contributed by atoms with E-state index in [0.717, 1.165) is 19.3 Å². The van der Waals surface area contributed by atoms with Crippen LogP contribution in [0.4, 0.5) is 5.69 Å². The highest BCUT2D eigenvalue weighted by atomic mass is 16.5. The molecule has 0 aromatic heterocycles. The van der Waals surface area contributed by atoms with E-state index in [-0.39, 0.29) is 24.8 Å². The zero-order valence-corrected chi connectivity index (χ0v) is 19.4. The van der Waals surface area contributed by atoms with E-state index in [9.17, 15) is 14.4 Å². The maximum absolute atomic E-state index is 12.6. The second kappa shape index (κ2) is 14.5. The lowest BCUT2D eigenvalue weighted by Crippen LogP contribution is -2.57. The molecule has 2 N–H and O–H groups in total. The quantitative estimate of drug-likeness (QED) is 0.336. The molecular weight excluding hydrogens is 410 g/mol. The van der Waals surface area contributed by atoms with Gasteiger partial charge in [0.2, 0.25) is 11.8 Å². The van der Waals surface area contributed by atoms with Crippen molar-refractivity contribution in [3.63, 3.8) is 0 Å². The van der Waals surface area contributed by atoms with Crippen LogP contribution in [0.15, 0.2) is 24.3 Å². The number of ether oxygens (including phenoxy) is 2. The summed E-state index contributed by atoms with van der Waals surface area (Å²) in [7, 11) is 0. The number of hydrogen-bond acceptors (Lipinski definition) is 6. The average Bonchev–Trinajstić information content (AvgIpc) is 2.77. The second-order valence-electron chi connectivity index (χ2n) is 8.04. The van der Waals surface area contributed by atoms with Crippen molar-refractivity contribution in [3.05, 3.63) is 24.3 Å². The fraction of sp³-hybridized carbons (Fsp3) is 0.625. The highest BCUT2D eigenvalue weighted by Gasteiger charge is 2.33. The van der Waals surface area contributed by atoms with E-state index in [2.05, 4.69) is 17.6 Å². The van der Waals surface area contributed by atoms with Crippen LogP contribution in [-0.4, -0.2) is 61.6 Å². The molecule has 8 heteroatoms. The summed E-state index contributed by atoms with van der Waals surface area (Å²) < 4.78 is 10.9. The Hall–Kier alpha value is -2.61. The van der Waals surface area contributed by atoms with E-state index >= 15 is 0 Å². The van der Waals surface area contributed by atoms with Gasteiger partial charge in [0.25, 0.3) is 0 Å². The fourth-order valence-electron chi connectivity index (χ4n) is 3.55. The van der Waals surface area contributed by atoms with Crippen molar-refractivity contribution in [1.29, 1.82) is 0 Å². The SMILES string of the molecule is CCCCCCCOc1cccc(NC(=O)CN2CCNC(=O)C2CC(=O)OCCC)c1. The smallest absolute Gasteiger partial charge is 0.307 e. The van der Waals surface area contributed by atoms with Gasteiger partial charge in [-0.05, 0) is 25.0 Å². The molecule has 8 nitrogen and oxygen atoms in total. The summed E-state index contributed by atoms with van der Waals surface area (Å²) in [4.78, 5) is 38.6. The summed E-state index contributed by atoms with van der Waals surface area (Å²) in [5, 5.41) is 5.62. The minimum atomic E-state index is -0.707. The van der Waals surface area contributed by atoms with Crippen molar-refractivity contribution < 1.29 is 23.9 Å². The summed E-state index contributed by atoms with van der Waals surface area (Å²) >= 11 is 0. The molecule has 178 valence electrons. The minimum absolute atomic E-state index is 0.0155. The van der Waals surface area contributed by atoms with Gasteiger partial charge in [0, 0.05) is 24.8 Å². The van der Waals surface area contributed by atoms with Gasteiger partial charge in [-0.25, -0.2) is 0 Å². The Bertz CT molecular complexity index is 740. The number of unbranched alkanes of at least 4 members (excludes halogenated alkanes) is 4. The van der Waals surface area contributed by atoms with Gasteiger partial charge < -0.3 is 20.1 Å². The maximum atomic E-state index is 12.6. The predicted octanol–water partition coefficient (Wildman–Crippen LogP) is 3.12. The normalized spacial score (nSPS) is 16.3. The number of nitrogens with one attached hydrogen (secondary N) is 2. The standard InChI is InChI=1S/C24H37N3O5/c1-3-5-6-7-8-15-31-20-11-9-10-19(16-20)26-22(28)18-27-13-12-25-24(30)21(27)17-23(29)32-14-4-2/h9-11,16,21H,3-8,12-15,17-18H2,1-2H3,(H,25,30)(H,26,28). The van der Waals surface area contributed by atoms with E-state index in [4.69, 9.17) is 9.47 Å². The van der Waals surface area contributed by atoms with Gasteiger partial charge in [0.15, 0.2) is 0 Å². The molecule has 1 heterocycles. The molecular formula is C24H37N3O5. The number of nitrogens with zero attached hydrogens (tertiary/aromatic N) is 1. The van der Waals surface area contributed by atoms with Gasteiger partial charge >= 0.3 is 5.97 Å². The summed E-state index contributed by atoms with van der Waals surface area (Å²) in [6, 6.07) is 6.60. The van der Waals surface area contributed by atoms with E-state index in [1.165, 1.54) is 19.3 Å². The second-order valence-corrected chi connectivity index (χ2v) is 8.04. The van der Waals surface area contributed by atoms with Crippen LogP contribution in [0.5, 0.6) is 5.75 Å². The van der Waals surface area contributed by atoms with E-state index in [1.54, 1.807) is 17.0 Å². The molecule has 0 spiro atoms. The molecule has 0 radical (unpaired) electrons. The van der Waals surface area contributed by atoms with Crippen molar-refractivity contribution in [1.82, 2.24) is 10.2 Å². The first-order valence-corrected chi connectivity index (χ1v) is 11.7. The average molecular weight is 448 g/mol. The van der Waals surface area contributed by atoms with Gasteiger partial charge in [0.1, 0.15) is 11.8 Å². The number of benzene rings is 1. The van der Waals surface area contributed by atoms with Crippen LogP contribution in [0.2, 0.25) is 0 Å². The monoisotopic (exact) mass is 447 g/mol. The summed E-state index contributed by atoms with van der Waals surface area (Å²) in [6.07, 6.45) is 6.50. The Kier molecular flexibility index (Phi) is 11.6. The number of hydrogen-bond donors (Lipinski definition) is 2. The molecule has 1 aliphatic rings. The summed E-state index contributed by atoms with van der Waals surface area (Å²) in [5.74, 6) is -0.221. The number of carbonyl (C=O) groups is 3. The lowest BCUT2D eigenvalue weighted by atomic mass is 10.1. The Balaban J connectivity index is 1.84. The molecule has 1 aliphatic heterocycles. The van der Waals surface area contributed by atoms with Crippen molar-refractivity contribution in [3.8, 4) is 5.75 Å².